The smallest absolute Gasteiger partial charge is 0.221 e. The van der Waals surface area contributed by atoms with Crippen molar-refractivity contribution in [3.63, 3.8) is 0 Å². The van der Waals surface area contributed by atoms with Gasteiger partial charge in [-0.3, -0.25) is 4.79 Å². The van der Waals surface area contributed by atoms with E-state index in [4.69, 9.17) is 0 Å². The van der Waals surface area contributed by atoms with E-state index in [1.807, 2.05) is 6.92 Å². The van der Waals surface area contributed by atoms with Crippen molar-refractivity contribution in [3.8, 4) is 0 Å². The van der Waals surface area contributed by atoms with Gasteiger partial charge in [-0.15, -0.1) is 10.2 Å². The maximum Gasteiger partial charge on any atom is 0.221 e. The maximum atomic E-state index is 11.4. The van der Waals surface area contributed by atoms with Crippen LogP contribution in [0.1, 0.15) is 11.4 Å². The minimum Gasteiger partial charge on any atom is -0.355 e. The number of carbonyl (C=O) groups is 1. The first-order valence-electron chi connectivity index (χ1n) is 5.51. The van der Waals surface area contributed by atoms with Gasteiger partial charge in [-0.25, -0.2) is 13.1 Å². The second-order valence-corrected chi connectivity index (χ2v) is 8.06. The third-order valence-corrected chi connectivity index (χ3v) is 4.58. The van der Waals surface area contributed by atoms with E-state index in [9.17, 15) is 13.2 Å². The summed E-state index contributed by atoms with van der Waals surface area (Å²) in [5.41, 5.74) is 0. The van der Waals surface area contributed by atoms with Gasteiger partial charge in [0.25, 0.3) is 0 Å². The molecule has 1 aromatic rings. The minimum absolute atomic E-state index is 0.118. The molecule has 0 unspecified atom stereocenters. The van der Waals surface area contributed by atoms with Crippen LogP contribution in [-0.4, -0.2) is 49.6 Å². The Kier molecular flexibility index (Phi) is 6.69. The zero-order valence-corrected chi connectivity index (χ0v) is 13.1. The van der Waals surface area contributed by atoms with E-state index >= 15 is 0 Å². The average molecular weight is 324 g/mol. The van der Waals surface area contributed by atoms with Crippen molar-refractivity contribution in [2.45, 2.75) is 17.7 Å². The van der Waals surface area contributed by atoms with Crippen LogP contribution >= 0.6 is 23.1 Å². The number of rotatable bonds is 8. The van der Waals surface area contributed by atoms with E-state index < -0.39 is 10.0 Å². The summed E-state index contributed by atoms with van der Waals surface area (Å²) in [7, 11) is -3.23. The van der Waals surface area contributed by atoms with Gasteiger partial charge in [0.2, 0.25) is 15.9 Å². The molecule has 0 saturated heterocycles. The lowest BCUT2D eigenvalue weighted by Crippen LogP contribution is -2.31. The number of sulfonamides is 1. The fourth-order valence-electron chi connectivity index (χ4n) is 1.10. The Bertz CT molecular complexity index is 515. The normalized spacial score (nSPS) is 11.5. The van der Waals surface area contributed by atoms with Gasteiger partial charge in [0.05, 0.1) is 6.26 Å². The monoisotopic (exact) mass is 324 g/mol. The first-order valence-corrected chi connectivity index (χ1v) is 9.20. The number of carbonyl (C=O) groups excluding carboxylic acids is 1. The van der Waals surface area contributed by atoms with Crippen LogP contribution in [0.15, 0.2) is 4.34 Å². The molecule has 0 saturated carbocycles. The number of aromatic nitrogens is 2. The summed E-state index contributed by atoms with van der Waals surface area (Å²) in [6.45, 7) is 2.52. The van der Waals surface area contributed by atoms with Crippen LogP contribution in [0.2, 0.25) is 0 Å². The molecule has 0 aliphatic rings. The lowest BCUT2D eigenvalue weighted by molar-refractivity contribution is -0.120. The summed E-state index contributed by atoms with van der Waals surface area (Å²) in [5, 5.41) is 11.5. The predicted octanol–water partition coefficient (Wildman–Crippen LogP) is -0.00588. The molecular formula is C9H16N4O3S3. The van der Waals surface area contributed by atoms with Crippen LogP contribution in [-0.2, 0) is 14.8 Å². The Labute approximate surface area is 120 Å². The summed E-state index contributed by atoms with van der Waals surface area (Å²) in [6.07, 6.45) is 1.20. The van der Waals surface area contributed by atoms with Gasteiger partial charge in [0.1, 0.15) is 5.01 Å². The van der Waals surface area contributed by atoms with Crippen molar-refractivity contribution >= 4 is 39.0 Å². The zero-order valence-electron chi connectivity index (χ0n) is 10.7. The molecule has 7 nitrogen and oxygen atoms in total. The fraction of sp³-hybridized carbons (Fsp3) is 0.667. The molecule has 10 heteroatoms. The van der Waals surface area contributed by atoms with E-state index in [2.05, 4.69) is 20.2 Å². The van der Waals surface area contributed by atoms with Crippen LogP contribution in [0.3, 0.4) is 0 Å². The number of aryl methyl sites for hydroxylation is 1. The van der Waals surface area contributed by atoms with Crippen LogP contribution < -0.4 is 10.0 Å². The molecule has 0 aliphatic carbocycles. The number of nitrogens with zero attached hydrogens (tertiary/aromatic N) is 2. The van der Waals surface area contributed by atoms with E-state index in [-0.39, 0.29) is 18.9 Å². The molecule has 0 atom stereocenters. The maximum absolute atomic E-state index is 11.4. The summed E-state index contributed by atoms with van der Waals surface area (Å²) >= 11 is 3.04. The van der Waals surface area contributed by atoms with Crippen molar-refractivity contribution in [1.82, 2.24) is 20.2 Å². The molecule has 0 radical (unpaired) electrons. The molecule has 1 amide bonds. The SMILES string of the molecule is Cc1nnc(SCCNC(=O)CCNS(C)(=O)=O)s1. The second kappa shape index (κ2) is 7.78. The van der Waals surface area contributed by atoms with Gasteiger partial charge < -0.3 is 5.32 Å². The topological polar surface area (TPSA) is 101 Å². The molecule has 0 aromatic carbocycles. The van der Waals surface area contributed by atoms with Gasteiger partial charge in [-0.1, -0.05) is 23.1 Å². The van der Waals surface area contributed by atoms with Crippen molar-refractivity contribution < 1.29 is 13.2 Å². The van der Waals surface area contributed by atoms with Crippen molar-refractivity contribution in [2.24, 2.45) is 0 Å². The molecule has 108 valence electrons. The van der Waals surface area contributed by atoms with E-state index in [0.717, 1.165) is 15.6 Å². The highest BCUT2D eigenvalue weighted by molar-refractivity contribution is 8.01. The molecule has 0 fully saturated rings. The van der Waals surface area contributed by atoms with Crippen LogP contribution in [0.4, 0.5) is 0 Å². The number of thioether (sulfide) groups is 1. The Hall–Kier alpha value is -0.710. The zero-order chi connectivity index (χ0) is 14.3. The van der Waals surface area contributed by atoms with Crippen LogP contribution in [0.5, 0.6) is 0 Å². The van der Waals surface area contributed by atoms with Gasteiger partial charge in [-0.05, 0) is 6.92 Å². The summed E-state index contributed by atoms with van der Waals surface area (Å²) in [5.74, 6) is 0.532. The van der Waals surface area contributed by atoms with Gasteiger partial charge in [-0.2, -0.15) is 0 Å². The Balaban J connectivity index is 2.07. The van der Waals surface area contributed by atoms with E-state index in [1.165, 1.54) is 23.1 Å². The van der Waals surface area contributed by atoms with E-state index in [0.29, 0.717) is 12.3 Å². The molecule has 1 heterocycles. The highest BCUT2D eigenvalue weighted by Gasteiger charge is 2.05. The van der Waals surface area contributed by atoms with Gasteiger partial charge in [0.15, 0.2) is 4.34 Å². The third-order valence-electron chi connectivity index (χ3n) is 1.87. The quantitative estimate of drug-likeness (QED) is 0.515. The Morgan fingerprint density at radius 3 is 2.68 bits per heavy atom. The summed E-state index contributed by atoms with van der Waals surface area (Å²) in [4.78, 5) is 11.4. The number of nitrogens with one attached hydrogen (secondary N) is 2. The first-order chi connectivity index (χ1) is 8.87. The fourth-order valence-corrected chi connectivity index (χ4v) is 3.32. The lowest BCUT2D eigenvalue weighted by atomic mass is 10.4. The van der Waals surface area contributed by atoms with Crippen molar-refractivity contribution in [1.29, 1.82) is 0 Å². The van der Waals surface area contributed by atoms with E-state index in [1.54, 1.807) is 0 Å². The Morgan fingerprint density at radius 1 is 1.37 bits per heavy atom. The molecule has 0 spiro atoms. The molecular weight excluding hydrogens is 308 g/mol. The molecule has 1 rings (SSSR count). The third kappa shape index (κ3) is 8.14. The van der Waals surface area contributed by atoms with Crippen LogP contribution in [0.25, 0.3) is 0 Å². The molecule has 0 bridgehead atoms. The van der Waals surface area contributed by atoms with Crippen molar-refractivity contribution in [3.05, 3.63) is 5.01 Å². The standard InChI is InChI=1S/C9H16N4O3S3/c1-7-12-13-9(18-7)17-6-5-10-8(14)3-4-11-19(2,15)16/h11H,3-6H2,1-2H3,(H,10,14). The number of hydrogen-bond acceptors (Lipinski definition) is 7. The highest BCUT2D eigenvalue weighted by atomic mass is 32.2. The Morgan fingerprint density at radius 2 is 2.11 bits per heavy atom. The number of hydrogen-bond donors (Lipinski definition) is 2. The highest BCUT2D eigenvalue weighted by Crippen LogP contribution is 2.20. The summed E-state index contributed by atoms with van der Waals surface area (Å²) in [6, 6.07) is 0. The average Bonchev–Trinajstić information content (AvgIpc) is 2.69. The predicted molar refractivity (Wildman–Crippen MR) is 75.8 cm³/mol. The first kappa shape index (κ1) is 16.3. The minimum atomic E-state index is -3.23. The van der Waals surface area contributed by atoms with Gasteiger partial charge >= 0.3 is 0 Å². The molecule has 2 N–H and O–H groups in total. The summed E-state index contributed by atoms with van der Waals surface area (Å²) < 4.78 is 24.7. The van der Waals surface area contributed by atoms with Gasteiger partial charge in [0, 0.05) is 25.3 Å². The van der Waals surface area contributed by atoms with Crippen LogP contribution in [0, 0.1) is 6.92 Å². The second-order valence-electron chi connectivity index (χ2n) is 3.70. The largest absolute Gasteiger partial charge is 0.355 e. The molecule has 0 aliphatic heterocycles. The molecule has 1 aromatic heterocycles. The molecule has 19 heavy (non-hydrogen) atoms. The number of amides is 1. The lowest BCUT2D eigenvalue weighted by Gasteiger charge is -2.04. The van der Waals surface area contributed by atoms with Crippen molar-refractivity contribution in [2.75, 3.05) is 25.1 Å².